The van der Waals surface area contributed by atoms with E-state index in [1.54, 1.807) is 130 Å². The topological polar surface area (TPSA) is 271 Å². The average Bonchev–Trinajstić information content (AvgIpc) is 3.65. The fraction of sp³-hybridized carbons (Fsp3) is 0.416. The van der Waals surface area contributed by atoms with Crippen LogP contribution in [0.15, 0.2) is 204 Å². The van der Waals surface area contributed by atoms with Crippen molar-refractivity contribution in [3.63, 3.8) is 0 Å². The first-order valence-electron chi connectivity index (χ1n) is 33.9. The van der Waals surface area contributed by atoms with Crippen LogP contribution in [-0.2, 0) is 0 Å². The summed E-state index contributed by atoms with van der Waals surface area (Å²) in [5.74, 6) is 3.19. The van der Waals surface area contributed by atoms with Crippen LogP contribution in [0.2, 0.25) is 0 Å². The molecule has 11 aromatic heterocycles. The molecule has 0 aliphatic rings. The molecule has 0 aromatic carbocycles. The van der Waals surface area contributed by atoms with Crippen molar-refractivity contribution in [2.24, 2.45) is 0 Å². The van der Waals surface area contributed by atoms with Crippen LogP contribution in [0.4, 0.5) is 0 Å². The molecule has 98 heavy (non-hydrogen) atoms. The van der Waals surface area contributed by atoms with Crippen LogP contribution in [-0.4, -0.2) is 105 Å². The van der Waals surface area contributed by atoms with E-state index in [4.69, 9.17) is 0 Å². The molecule has 0 atom stereocenters. The van der Waals surface area contributed by atoms with Crippen LogP contribution in [0.3, 0.4) is 0 Å². The second-order valence-corrected chi connectivity index (χ2v) is 15.3. The Kier molecular flexibility index (Phi) is 112. The third-order valence-electron chi connectivity index (χ3n) is 8.05. The molecule has 21 nitrogen and oxygen atoms in total. The summed E-state index contributed by atoms with van der Waals surface area (Å²) in [6.07, 6.45) is 40.6. The van der Waals surface area contributed by atoms with E-state index < -0.39 is 0 Å². The summed E-state index contributed by atoms with van der Waals surface area (Å²) in [5.41, 5.74) is 8.28. The zero-order valence-corrected chi connectivity index (χ0v) is 66.4. The fourth-order valence-corrected chi connectivity index (χ4v) is 4.34. The second-order valence-electron chi connectivity index (χ2n) is 15.3. The molecule has 0 aliphatic heterocycles. The zero-order chi connectivity index (χ0) is 77.1. The van der Waals surface area contributed by atoms with Crippen LogP contribution < -0.4 is 0 Å². The van der Waals surface area contributed by atoms with E-state index in [-0.39, 0.29) is 0 Å². The SMILES string of the molecule is CC.CC.CC.CC.CC.CC.CC.CC.CC.CC.Cc1ccccn1.Cc1cccnc1.Cc1ccncn1.Cc1ccncn1.Cc1cnccn1.Cc1cnccn1.Cc1cnccn1.Cc1cncnc1.Cc1ncccn1.Cc1ncccn1.Cc1ncnc(C)n1. The molecule has 0 spiro atoms. The van der Waals surface area contributed by atoms with Gasteiger partial charge in [0, 0.05) is 141 Å². The maximum Gasteiger partial charge on any atom is 0.129 e. The van der Waals surface area contributed by atoms with Gasteiger partial charge in [-0.2, -0.15) is 0 Å². The maximum atomic E-state index is 3.98. The first kappa shape index (κ1) is 109. The summed E-state index contributed by atoms with van der Waals surface area (Å²) in [4.78, 5) is 80.9. The zero-order valence-electron chi connectivity index (χ0n) is 66.4. The van der Waals surface area contributed by atoms with Gasteiger partial charge in [-0.1, -0.05) is 151 Å². The van der Waals surface area contributed by atoms with Gasteiger partial charge in [0.05, 0.1) is 17.1 Å². The lowest BCUT2D eigenvalue weighted by Crippen LogP contribution is -1.91. The Morgan fingerprint density at radius 1 is 0.173 bits per heavy atom. The number of hydrogen-bond donors (Lipinski definition) is 0. The van der Waals surface area contributed by atoms with Crippen molar-refractivity contribution in [2.75, 3.05) is 0 Å². The van der Waals surface area contributed by atoms with Gasteiger partial charge in [-0.05, 0) is 137 Å². The summed E-state index contributed by atoms with van der Waals surface area (Å²) >= 11 is 0. The monoisotopic (exact) mass is 1350 g/mol. The Morgan fingerprint density at radius 2 is 0.490 bits per heavy atom. The van der Waals surface area contributed by atoms with E-state index in [0.717, 1.165) is 63.0 Å². The standard InChI is InChI=1S/2C6H7N.C5H7N3.8C5H6N2.10C2H6/c1-6-3-2-4-7-5-6;1-6-4-2-3-5-7-6;1-4-6-3-7-5(2)8-4;1-5-2-6-4-7-3-5;3*1-5-4-6-2-3-7-5;2*1-5-2-3-6-4-7-5;2*1-5-6-3-2-4-7-5;10*1-2/h2*2-5H,1H3;3H,1-2H3;8*2-4H,1H3;10*1-2H3. The van der Waals surface area contributed by atoms with Gasteiger partial charge in [-0.25, -0.2) is 64.8 Å². The molecule has 21 heteroatoms. The van der Waals surface area contributed by atoms with Gasteiger partial charge in [0.2, 0.25) is 0 Å². The van der Waals surface area contributed by atoms with Gasteiger partial charge in [0.1, 0.15) is 48.6 Å². The molecular weight excluding hydrogens is 1220 g/mol. The highest BCUT2D eigenvalue weighted by Gasteiger charge is 1.85. The van der Waals surface area contributed by atoms with Gasteiger partial charge >= 0.3 is 0 Å². The number of nitrogens with zero attached hydrogens (tertiary/aromatic N) is 21. The molecule has 0 aliphatic carbocycles. The van der Waals surface area contributed by atoms with Gasteiger partial charge in [0.15, 0.2) is 0 Å². The Labute approximate surface area is 595 Å². The highest BCUT2D eigenvalue weighted by Crippen LogP contribution is 1.90. The van der Waals surface area contributed by atoms with Crippen molar-refractivity contribution in [3.05, 3.63) is 272 Å². The van der Waals surface area contributed by atoms with Crippen molar-refractivity contribution in [2.45, 2.75) is 222 Å². The van der Waals surface area contributed by atoms with Crippen LogP contribution in [0.1, 0.15) is 207 Å². The summed E-state index contributed by atoms with van der Waals surface area (Å²) in [7, 11) is 0. The van der Waals surface area contributed by atoms with E-state index in [1.165, 1.54) is 30.9 Å². The Bertz CT molecular complexity index is 2360. The molecule has 542 valence electrons. The average molecular weight is 1350 g/mol. The van der Waals surface area contributed by atoms with Crippen molar-refractivity contribution < 1.29 is 0 Å². The van der Waals surface area contributed by atoms with E-state index in [2.05, 4.69) is 105 Å². The van der Waals surface area contributed by atoms with E-state index >= 15 is 0 Å². The van der Waals surface area contributed by atoms with E-state index in [0.29, 0.717) is 0 Å². The summed E-state index contributed by atoms with van der Waals surface area (Å²) in [5, 5.41) is 0. The molecule has 0 N–H and O–H groups in total. The molecular formula is C77H129N21. The molecule has 0 unspecified atom stereocenters. The van der Waals surface area contributed by atoms with Crippen molar-refractivity contribution in [1.82, 2.24) is 105 Å². The summed E-state index contributed by atoms with van der Waals surface area (Å²) < 4.78 is 0. The van der Waals surface area contributed by atoms with E-state index in [9.17, 15) is 0 Å². The minimum absolute atomic E-state index is 0.775. The first-order chi connectivity index (χ1) is 47.7. The highest BCUT2D eigenvalue weighted by atomic mass is 15.0. The highest BCUT2D eigenvalue weighted by molar-refractivity contribution is 5.05. The normalized spacial score (nSPS) is 7.59. The number of pyridine rings is 2. The predicted molar refractivity (Wildman–Crippen MR) is 415 cm³/mol. The minimum atomic E-state index is 0.775. The van der Waals surface area contributed by atoms with Crippen molar-refractivity contribution in [1.29, 1.82) is 0 Å². The smallest absolute Gasteiger partial charge is 0.129 e. The van der Waals surface area contributed by atoms with Crippen LogP contribution in [0.5, 0.6) is 0 Å². The molecule has 0 amide bonds. The second kappa shape index (κ2) is 100. The molecule has 11 rings (SSSR count). The lowest BCUT2D eigenvalue weighted by molar-refractivity contribution is 0.920. The third-order valence-corrected chi connectivity index (χ3v) is 8.05. The Balaban J connectivity index is -0.000000106. The first-order valence-corrected chi connectivity index (χ1v) is 33.9. The summed E-state index contributed by atoms with van der Waals surface area (Å²) in [6, 6.07) is 17.1. The van der Waals surface area contributed by atoms with Gasteiger partial charge in [-0.3, -0.25) is 39.9 Å². The Hall–Kier alpha value is -10.1. The quantitative estimate of drug-likeness (QED) is 0.136. The molecule has 0 saturated heterocycles. The molecule has 0 saturated carbocycles. The van der Waals surface area contributed by atoms with Crippen LogP contribution in [0, 0.1) is 83.1 Å². The van der Waals surface area contributed by atoms with E-state index in [1.807, 2.05) is 270 Å². The lowest BCUT2D eigenvalue weighted by Gasteiger charge is -1.88. The number of hydrogen-bond acceptors (Lipinski definition) is 21. The summed E-state index contributed by atoms with van der Waals surface area (Å²) in [6.45, 7) is 63.0. The largest absolute Gasteiger partial charge is 0.264 e. The maximum absolute atomic E-state index is 3.98. The molecule has 11 heterocycles. The lowest BCUT2D eigenvalue weighted by atomic mass is 10.3. The molecule has 0 radical (unpaired) electrons. The van der Waals surface area contributed by atoms with Crippen molar-refractivity contribution in [3.8, 4) is 0 Å². The van der Waals surface area contributed by atoms with Crippen molar-refractivity contribution >= 4 is 0 Å². The third kappa shape index (κ3) is 97.0. The van der Waals surface area contributed by atoms with Gasteiger partial charge in [0.25, 0.3) is 0 Å². The fourth-order valence-electron chi connectivity index (χ4n) is 4.34. The van der Waals surface area contributed by atoms with Gasteiger partial charge in [-0.15, -0.1) is 0 Å². The number of rotatable bonds is 0. The minimum Gasteiger partial charge on any atom is -0.264 e. The van der Waals surface area contributed by atoms with Gasteiger partial charge < -0.3 is 0 Å². The Morgan fingerprint density at radius 3 is 0.633 bits per heavy atom. The molecule has 0 fully saturated rings. The molecule has 0 bridgehead atoms. The van der Waals surface area contributed by atoms with Crippen LogP contribution >= 0.6 is 0 Å². The predicted octanol–water partition coefficient (Wildman–Crippen LogP) is 19.8. The van der Waals surface area contributed by atoms with Crippen LogP contribution in [0.25, 0.3) is 0 Å². The number of aryl methyl sites for hydroxylation is 12. The molecule has 11 aromatic rings. The number of aromatic nitrogens is 21.